The van der Waals surface area contributed by atoms with Crippen molar-refractivity contribution in [3.8, 4) is 17.2 Å². The van der Waals surface area contributed by atoms with Gasteiger partial charge < -0.3 is 9.80 Å². The number of hydrogen-bond acceptors (Lipinski definition) is 3. The highest BCUT2D eigenvalue weighted by molar-refractivity contribution is 6.10. The van der Waals surface area contributed by atoms with Crippen LogP contribution in [0, 0.1) is 11.3 Å². The van der Waals surface area contributed by atoms with Crippen LogP contribution in [0.1, 0.15) is 56.9 Å². The van der Waals surface area contributed by atoms with Crippen LogP contribution in [0.2, 0.25) is 0 Å². The summed E-state index contributed by atoms with van der Waals surface area (Å²) in [4.78, 5) is 4.70. The zero-order chi connectivity index (χ0) is 35.3. The SMILES string of the molecule is CC(C)(C)c1ccc(N(c2ccc(C#N)cc2)c2ccc3c(c2)C(C)(C)c2cc(N(c4ccccc4)c4ccccc4)c4ccccc4c2-3)cc1. The Bertz CT molecular complexity index is 2370. The molecular weight excluding hydrogens is 619 g/mol. The molecule has 51 heavy (non-hydrogen) atoms. The number of para-hydroxylation sites is 2. The molecule has 0 aromatic heterocycles. The van der Waals surface area contributed by atoms with Gasteiger partial charge in [0.25, 0.3) is 0 Å². The van der Waals surface area contributed by atoms with E-state index in [1.54, 1.807) is 0 Å². The fourth-order valence-corrected chi connectivity index (χ4v) is 7.70. The topological polar surface area (TPSA) is 30.3 Å². The molecular formula is C48H41N3. The zero-order valence-corrected chi connectivity index (χ0v) is 29.9. The van der Waals surface area contributed by atoms with Crippen molar-refractivity contribution in [2.75, 3.05) is 9.80 Å². The van der Waals surface area contributed by atoms with Gasteiger partial charge in [-0.15, -0.1) is 0 Å². The molecule has 0 atom stereocenters. The Balaban J connectivity index is 1.32. The lowest BCUT2D eigenvalue weighted by molar-refractivity contribution is 0.590. The number of fused-ring (bicyclic) bond motifs is 5. The summed E-state index contributed by atoms with van der Waals surface area (Å²) < 4.78 is 0. The maximum atomic E-state index is 9.55. The Labute approximate surface area is 301 Å². The molecule has 3 nitrogen and oxygen atoms in total. The van der Waals surface area contributed by atoms with Crippen LogP contribution in [0.25, 0.3) is 21.9 Å². The normalized spacial score (nSPS) is 12.9. The Hall–Kier alpha value is -6.11. The molecule has 7 aromatic rings. The van der Waals surface area contributed by atoms with Crippen molar-refractivity contribution in [1.82, 2.24) is 0 Å². The van der Waals surface area contributed by atoms with Crippen molar-refractivity contribution < 1.29 is 0 Å². The molecule has 8 rings (SSSR count). The van der Waals surface area contributed by atoms with E-state index in [2.05, 4.69) is 184 Å². The maximum absolute atomic E-state index is 9.55. The predicted molar refractivity (Wildman–Crippen MR) is 214 cm³/mol. The van der Waals surface area contributed by atoms with E-state index in [4.69, 9.17) is 0 Å². The lowest BCUT2D eigenvalue weighted by Gasteiger charge is -2.30. The molecule has 0 fully saturated rings. The van der Waals surface area contributed by atoms with Crippen LogP contribution in [0.5, 0.6) is 0 Å². The van der Waals surface area contributed by atoms with Crippen LogP contribution in [0.15, 0.2) is 158 Å². The molecule has 0 N–H and O–H groups in total. The van der Waals surface area contributed by atoms with Gasteiger partial charge in [0.15, 0.2) is 0 Å². The van der Waals surface area contributed by atoms with Crippen LogP contribution >= 0.6 is 0 Å². The average molecular weight is 660 g/mol. The Morgan fingerprint density at radius 2 is 1.02 bits per heavy atom. The van der Waals surface area contributed by atoms with Gasteiger partial charge in [-0.1, -0.05) is 113 Å². The molecule has 7 aromatic carbocycles. The summed E-state index contributed by atoms with van der Waals surface area (Å²) in [6, 6.07) is 58.6. The van der Waals surface area contributed by atoms with Crippen molar-refractivity contribution in [3.63, 3.8) is 0 Å². The third-order valence-corrected chi connectivity index (χ3v) is 10.4. The second kappa shape index (κ2) is 12.3. The van der Waals surface area contributed by atoms with Crippen molar-refractivity contribution in [2.24, 2.45) is 0 Å². The van der Waals surface area contributed by atoms with E-state index < -0.39 is 0 Å². The molecule has 0 amide bonds. The smallest absolute Gasteiger partial charge is 0.0991 e. The largest absolute Gasteiger partial charge is 0.310 e. The van der Waals surface area contributed by atoms with Gasteiger partial charge in [-0.05, 0) is 117 Å². The van der Waals surface area contributed by atoms with E-state index in [9.17, 15) is 5.26 Å². The number of nitriles is 1. The van der Waals surface area contributed by atoms with Crippen LogP contribution in [0.4, 0.5) is 34.1 Å². The van der Waals surface area contributed by atoms with Gasteiger partial charge in [0.1, 0.15) is 0 Å². The number of rotatable bonds is 6. The van der Waals surface area contributed by atoms with Crippen LogP contribution < -0.4 is 9.80 Å². The Morgan fingerprint density at radius 3 is 1.59 bits per heavy atom. The van der Waals surface area contributed by atoms with Gasteiger partial charge in [-0.3, -0.25) is 0 Å². The third kappa shape index (κ3) is 5.54. The predicted octanol–water partition coefficient (Wildman–Crippen LogP) is 13.3. The van der Waals surface area contributed by atoms with Gasteiger partial charge in [-0.25, -0.2) is 0 Å². The minimum absolute atomic E-state index is 0.0550. The molecule has 1 aliphatic carbocycles. The first-order valence-corrected chi connectivity index (χ1v) is 17.7. The minimum atomic E-state index is -0.273. The second-order valence-electron chi connectivity index (χ2n) is 15.0. The second-order valence-corrected chi connectivity index (χ2v) is 15.0. The van der Waals surface area contributed by atoms with E-state index in [0.717, 1.165) is 28.4 Å². The van der Waals surface area contributed by atoms with Gasteiger partial charge in [0.2, 0.25) is 0 Å². The van der Waals surface area contributed by atoms with Crippen molar-refractivity contribution in [3.05, 3.63) is 180 Å². The number of benzene rings is 7. The summed E-state index contributed by atoms with van der Waals surface area (Å²) in [5.41, 5.74) is 13.5. The lowest BCUT2D eigenvalue weighted by Crippen LogP contribution is -2.18. The highest BCUT2D eigenvalue weighted by Gasteiger charge is 2.38. The summed E-state index contributed by atoms with van der Waals surface area (Å²) >= 11 is 0. The van der Waals surface area contributed by atoms with Gasteiger partial charge in [0, 0.05) is 39.2 Å². The Kier molecular flexibility index (Phi) is 7.77. The van der Waals surface area contributed by atoms with E-state index in [1.165, 1.54) is 44.3 Å². The van der Waals surface area contributed by atoms with Crippen LogP contribution in [0.3, 0.4) is 0 Å². The molecule has 3 heteroatoms. The summed E-state index contributed by atoms with van der Waals surface area (Å²) in [5.74, 6) is 0. The van der Waals surface area contributed by atoms with Gasteiger partial charge >= 0.3 is 0 Å². The van der Waals surface area contributed by atoms with Crippen molar-refractivity contribution >= 4 is 44.9 Å². The molecule has 0 saturated heterocycles. The summed E-state index contributed by atoms with van der Waals surface area (Å²) in [7, 11) is 0. The van der Waals surface area contributed by atoms with Gasteiger partial charge in [0.05, 0.1) is 17.3 Å². The molecule has 1 aliphatic rings. The van der Waals surface area contributed by atoms with E-state index >= 15 is 0 Å². The summed E-state index contributed by atoms with van der Waals surface area (Å²) in [6.45, 7) is 11.5. The summed E-state index contributed by atoms with van der Waals surface area (Å²) in [5, 5.41) is 12.0. The molecule has 0 radical (unpaired) electrons. The molecule has 0 heterocycles. The highest BCUT2D eigenvalue weighted by atomic mass is 15.1. The van der Waals surface area contributed by atoms with Crippen LogP contribution in [-0.4, -0.2) is 0 Å². The molecule has 0 unspecified atom stereocenters. The standard InChI is InChI=1S/C48H41N3/c1-47(2,3)34-22-26-38(27-23-34)50(37-24-20-33(32-49)21-25-37)39-28-29-42-43(30-39)48(4,5)44-31-45(40-18-12-13-19-41(40)46(42)44)51(35-14-8-6-9-15-35)36-16-10-7-11-17-36/h6-31H,1-5H3. The van der Waals surface area contributed by atoms with Gasteiger partial charge in [-0.2, -0.15) is 5.26 Å². The fourth-order valence-electron chi connectivity index (χ4n) is 7.70. The van der Waals surface area contributed by atoms with Crippen molar-refractivity contribution in [2.45, 2.75) is 45.4 Å². The lowest BCUT2D eigenvalue weighted by atomic mass is 9.81. The molecule has 0 saturated carbocycles. The highest BCUT2D eigenvalue weighted by Crippen LogP contribution is 2.55. The molecule has 0 aliphatic heterocycles. The minimum Gasteiger partial charge on any atom is -0.310 e. The fraction of sp³-hybridized carbons (Fsp3) is 0.146. The van der Waals surface area contributed by atoms with Crippen molar-refractivity contribution in [1.29, 1.82) is 5.26 Å². The summed E-state index contributed by atoms with van der Waals surface area (Å²) in [6.07, 6.45) is 0. The van der Waals surface area contributed by atoms with Crippen LogP contribution in [-0.2, 0) is 10.8 Å². The van der Waals surface area contributed by atoms with E-state index in [1.807, 2.05) is 24.3 Å². The third-order valence-electron chi connectivity index (χ3n) is 10.4. The number of hydrogen-bond donors (Lipinski definition) is 0. The Morgan fingerprint density at radius 1 is 0.510 bits per heavy atom. The molecule has 0 bridgehead atoms. The number of nitrogens with zero attached hydrogens (tertiary/aromatic N) is 3. The van der Waals surface area contributed by atoms with E-state index in [0.29, 0.717) is 5.56 Å². The molecule has 0 spiro atoms. The molecule has 248 valence electrons. The number of anilines is 6. The average Bonchev–Trinajstić information content (AvgIpc) is 3.38. The quantitative estimate of drug-likeness (QED) is 0.178. The maximum Gasteiger partial charge on any atom is 0.0991 e. The first kappa shape index (κ1) is 32.1. The first-order valence-electron chi connectivity index (χ1n) is 17.7. The first-order chi connectivity index (χ1) is 24.6. The van der Waals surface area contributed by atoms with E-state index in [-0.39, 0.29) is 10.8 Å². The monoisotopic (exact) mass is 659 g/mol. The zero-order valence-electron chi connectivity index (χ0n) is 29.9.